The van der Waals surface area contributed by atoms with Crippen molar-refractivity contribution in [3.8, 4) is 0 Å². The minimum absolute atomic E-state index is 0.328. The minimum Gasteiger partial charge on any atom is -0.469 e. The summed E-state index contributed by atoms with van der Waals surface area (Å²) in [6.07, 6.45) is 3.66. The Hall–Kier alpha value is -1.45. The molecule has 0 aliphatic carbocycles. The standard InChI is InChI=1S/C15H27N3O/c1-5-16-14(18-11-9-15(2,3)4)17-10-8-13-7-6-12-19-13/h6-7,12H,5,8-11H2,1-4H3,(H2,16,17,18). The Bertz CT molecular complexity index is 363. The van der Waals surface area contributed by atoms with Crippen LogP contribution in [0.1, 0.15) is 39.9 Å². The van der Waals surface area contributed by atoms with Crippen molar-refractivity contribution in [1.82, 2.24) is 10.6 Å². The van der Waals surface area contributed by atoms with Crippen molar-refractivity contribution in [2.45, 2.75) is 40.5 Å². The highest BCUT2D eigenvalue weighted by atomic mass is 16.3. The molecule has 0 saturated heterocycles. The fourth-order valence-electron chi connectivity index (χ4n) is 1.60. The molecule has 0 aliphatic rings. The molecule has 2 N–H and O–H groups in total. The lowest BCUT2D eigenvalue weighted by Gasteiger charge is -2.17. The number of furan rings is 1. The zero-order chi connectivity index (χ0) is 14.1. The Morgan fingerprint density at radius 3 is 2.68 bits per heavy atom. The lowest BCUT2D eigenvalue weighted by atomic mass is 9.93. The fraction of sp³-hybridized carbons (Fsp3) is 0.667. The van der Waals surface area contributed by atoms with Crippen molar-refractivity contribution in [2.75, 3.05) is 19.6 Å². The summed E-state index contributed by atoms with van der Waals surface area (Å²) in [5.74, 6) is 1.89. The molecule has 0 spiro atoms. The molecule has 0 bridgehead atoms. The molecule has 108 valence electrons. The van der Waals surface area contributed by atoms with E-state index in [-0.39, 0.29) is 0 Å². The monoisotopic (exact) mass is 265 g/mol. The molecule has 0 aromatic carbocycles. The predicted octanol–water partition coefficient (Wildman–Crippen LogP) is 2.81. The van der Waals surface area contributed by atoms with Crippen LogP contribution in [0.4, 0.5) is 0 Å². The summed E-state index contributed by atoms with van der Waals surface area (Å²) in [7, 11) is 0. The number of guanidine groups is 1. The third kappa shape index (κ3) is 7.54. The van der Waals surface area contributed by atoms with Gasteiger partial charge in [0, 0.05) is 26.1 Å². The molecular weight excluding hydrogens is 238 g/mol. The molecule has 0 radical (unpaired) electrons. The van der Waals surface area contributed by atoms with Crippen LogP contribution >= 0.6 is 0 Å². The summed E-state index contributed by atoms with van der Waals surface area (Å²) < 4.78 is 5.30. The number of nitrogens with one attached hydrogen (secondary N) is 2. The highest BCUT2D eigenvalue weighted by molar-refractivity contribution is 5.79. The van der Waals surface area contributed by atoms with Gasteiger partial charge in [0.2, 0.25) is 0 Å². The van der Waals surface area contributed by atoms with Crippen LogP contribution in [0, 0.1) is 5.41 Å². The third-order valence-electron chi connectivity index (χ3n) is 2.72. The molecule has 0 atom stereocenters. The van der Waals surface area contributed by atoms with Crippen molar-refractivity contribution in [3.05, 3.63) is 24.2 Å². The quantitative estimate of drug-likeness (QED) is 0.614. The average molecular weight is 265 g/mol. The molecule has 4 heteroatoms. The second-order valence-electron chi connectivity index (χ2n) is 5.83. The van der Waals surface area contributed by atoms with Crippen LogP contribution in [-0.4, -0.2) is 25.6 Å². The Morgan fingerprint density at radius 2 is 2.11 bits per heavy atom. The molecule has 4 nitrogen and oxygen atoms in total. The molecule has 1 aromatic heterocycles. The van der Waals surface area contributed by atoms with Gasteiger partial charge in [-0.05, 0) is 30.9 Å². The molecule has 19 heavy (non-hydrogen) atoms. The minimum atomic E-state index is 0.328. The molecule has 1 heterocycles. The summed E-state index contributed by atoms with van der Waals surface area (Å²) >= 11 is 0. The molecule has 1 aromatic rings. The first-order chi connectivity index (χ1) is 9.01. The van der Waals surface area contributed by atoms with Gasteiger partial charge in [0.25, 0.3) is 0 Å². The van der Waals surface area contributed by atoms with Gasteiger partial charge in [-0.2, -0.15) is 0 Å². The smallest absolute Gasteiger partial charge is 0.191 e. The number of hydrogen-bond acceptors (Lipinski definition) is 2. The summed E-state index contributed by atoms with van der Waals surface area (Å²) in [6.45, 7) is 11.3. The van der Waals surface area contributed by atoms with Gasteiger partial charge >= 0.3 is 0 Å². The summed E-state index contributed by atoms with van der Waals surface area (Å²) in [6, 6.07) is 3.91. The van der Waals surface area contributed by atoms with Crippen LogP contribution < -0.4 is 10.6 Å². The SMILES string of the molecule is CCNC(=NCCC(C)(C)C)NCCc1ccco1. The third-order valence-corrected chi connectivity index (χ3v) is 2.72. The summed E-state index contributed by atoms with van der Waals surface area (Å²) in [4.78, 5) is 4.58. The zero-order valence-electron chi connectivity index (χ0n) is 12.6. The normalized spacial score (nSPS) is 12.5. The summed E-state index contributed by atoms with van der Waals surface area (Å²) in [5.41, 5.74) is 0.328. The molecule has 0 saturated carbocycles. The average Bonchev–Trinajstić information content (AvgIpc) is 2.80. The fourth-order valence-corrected chi connectivity index (χ4v) is 1.60. The van der Waals surface area contributed by atoms with Crippen molar-refractivity contribution in [2.24, 2.45) is 10.4 Å². The van der Waals surface area contributed by atoms with E-state index in [1.165, 1.54) is 0 Å². The van der Waals surface area contributed by atoms with Crippen LogP contribution in [0.25, 0.3) is 0 Å². The van der Waals surface area contributed by atoms with Crippen molar-refractivity contribution < 1.29 is 4.42 Å². The van der Waals surface area contributed by atoms with E-state index in [0.29, 0.717) is 5.41 Å². The lowest BCUT2D eigenvalue weighted by Crippen LogP contribution is -2.38. The number of rotatable bonds is 6. The predicted molar refractivity (Wildman–Crippen MR) is 80.5 cm³/mol. The molecular formula is C15H27N3O. The van der Waals surface area contributed by atoms with E-state index >= 15 is 0 Å². The van der Waals surface area contributed by atoms with E-state index < -0.39 is 0 Å². The first kappa shape index (κ1) is 15.6. The molecule has 0 aliphatic heterocycles. The number of hydrogen-bond donors (Lipinski definition) is 2. The second kappa shape index (κ2) is 7.87. The van der Waals surface area contributed by atoms with Crippen LogP contribution in [0.5, 0.6) is 0 Å². The van der Waals surface area contributed by atoms with Crippen molar-refractivity contribution in [1.29, 1.82) is 0 Å². The van der Waals surface area contributed by atoms with Gasteiger partial charge < -0.3 is 15.1 Å². The van der Waals surface area contributed by atoms with E-state index in [1.807, 2.05) is 12.1 Å². The Labute approximate surface area is 116 Å². The Balaban J connectivity index is 2.32. The van der Waals surface area contributed by atoms with Gasteiger partial charge in [-0.3, -0.25) is 4.99 Å². The second-order valence-corrected chi connectivity index (χ2v) is 5.83. The molecule has 1 rings (SSSR count). The topological polar surface area (TPSA) is 49.6 Å². The van der Waals surface area contributed by atoms with E-state index in [1.54, 1.807) is 6.26 Å². The van der Waals surface area contributed by atoms with E-state index in [0.717, 1.165) is 44.2 Å². The number of nitrogens with zero attached hydrogens (tertiary/aromatic N) is 1. The van der Waals surface area contributed by atoms with Crippen molar-refractivity contribution >= 4 is 5.96 Å². The first-order valence-electron chi connectivity index (χ1n) is 7.06. The van der Waals surface area contributed by atoms with Gasteiger partial charge in [0.1, 0.15) is 5.76 Å². The van der Waals surface area contributed by atoms with Gasteiger partial charge in [0.05, 0.1) is 6.26 Å². The van der Waals surface area contributed by atoms with Gasteiger partial charge in [-0.25, -0.2) is 0 Å². The first-order valence-corrected chi connectivity index (χ1v) is 7.06. The maximum absolute atomic E-state index is 5.30. The van der Waals surface area contributed by atoms with Gasteiger partial charge in [-0.15, -0.1) is 0 Å². The largest absolute Gasteiger partial charge is 0.469 e. The van der Waals surface area contributed by atoms with Crippen LogP contribution in [0.15, 0.2) is 27.8 Å². The van der Waals surface area contributed by atoms with Gasteiger partial charge in [-0.1, -0.05) is 20.8 Å². The number of aliphatic imine (C=N–C) groups is 1. The van der Waals surface area contributed by atoms with Crippen LogP contribution in [-0.2, 0) is 6.42 Å². The maximum Gasteiger partial charge on any atom is 0.191 e. The van der Waals surface area contributed by atoms with Gasteiger partial charge in [0.15, 0.2) is 5.96 Å². The lowest BCUT2D eigenvalue weighted by molar-refractivity contribution is 0.385. The zero-order valence-corrected chi connectivity index (χ0v) is 12.6. The van der Waals surface area contributed by atoms with Crippen LogP contribution in [0.3, 0.4) is 0 Å². The summed E-state index contributed by atoms with van der Waals surface area (Å²) in [5, 5.41) is 6.58. The maximum atomic E-state index is 5.30. The highest BCUT2D eigenvalue weighted by Crippen LogP contribution is 2.17. The van der Waals surface area contributed by atoms with E-state index in [2.05, 4.69) is 43.3 Å². The highest BCUT2D eigenvalue weighted by Gasteiger charge is 2.09. The molecule has 0 fully saturated rings. The van der Waals surface area contributed by atoms with E-state index in [9.17, 15) is 0 Å². The Morgan fingerprint density at radius 1 is 1.32 bits per heavy atom. The molecule has 0 unspecified atom stereocenters. The van der Waals surface area contributed by atoms with Crippen molar-refractivity contribution in [3.63, 3.8) is 0 Å². The van der Waals surface area contributed by atoms with E-state index in [4.69, 9.17) is 4.42 Å². The molecule has 0 amide bonds. The Kier molecular flexibility index (Phi) is 6.46. The van der Waals surface area contributed by atoms with Crippen LogP contribution in [0.2, 0.25) is 0 Å².